The Kier molecular flexibility index (Phi) is 6.47. The molecule has 6 heteroatoms. The molecule has 0 atom stereocenters. The molecule has 1 aromatic heterocycles. The van der Waals surface area contributed by atoms with Gasteiger partial charge in [0.1, 0.15) is 5.52 Å². The quantitative estimate of drug-likeness (QED) is 0.585. The van der Waals surface area contributed by atoms with Crippen LogP contribution in [0.4, 0.5) is 0 Å². The average molecular weight is 412 g/mol. The van der Waals surface area contributed by atoms with E-state index in [1.54, 1.807) is 0 Å². The largest absolute Gasteiger partial charge is 0.440 e. The first kappa shape index (κ1) is 19.9. The van der Waals surface area contributed by atoms with E-state index in [1.807, 2.05) is 36.4 Å². The molecule has 0 radical (unpaired) electrons. The Morgan fingerprint density at radius 3 is 2.76 bits per heavy atom. The van der Waals surface area contributed by atoms with Gasteiger partial charge in [0.15, 0.2) is 11.5 Å². The topological polar surface area (TPSA) is 58.4 Å². The van der Waals surface area contributed by atoms with Crippen LogP contribution in [-0.2, 0) is 11.2 Å². The molecule has 1 aliphatic rings. The van der Waals surface area contributed by atoms with Gasteiger partial charge in [-0.05, 0) is 62.5 Å². The number of nitrogens with zero attached hydrogens (tertiary/aromatic N) is 2. The molecule has 0 unspecified atom stereocenters. The van der Waals surface area contributed by atoms with Gasteiger partial charge < -0.3 is 9.73 Å². The summed E-state index contributed by atoms with van der Waals surface area (Å²) in [6.07, 6.45) is 3.84. The molecule has 29 heavy (non-hydrogen) atoms. The number of amides is 1. The van der Waals surface area contributed by atoms with E-state index in [0.717, 1.165) is 62.3 Å². The number of benzene rings is 2. The number of hydrogen-bond acceptors (Lipinski definition) is 4. The minimum absolute atomic E-state index is 0.105. The van der Waals surface area contributed by atoms with Crippen molar-refractivity contribution < 1.29 is 9.21 Å². The lowest BCUT2D eigenvalue weighted by Gasteiger charge is -2.29. The Morgan fingerprint density at radius 2 is 1.97 bits per heavy atom. The van der Waals surface area contributed by atoms with Crippen molar-refractivity contribution >= 4 is 28.6 Å². The minimum Gasteiger partial charge on any atom is -0.440 e. The summed E-state index contributed by atoms with van der Waals surface area (Å²) in [6, 6.07) is 15.9. The molecule has 5 nitrogen and oxygen atoms in total. The van der Waals surface area contributed by atoms with Gasteiger partial charge in [-0.3, -0.25) is 9.69 Å². The number of carbonyl (C=O) groups excluding carboxylic acids is 1. The predicted octanol–water partition coefficient (Wildman–Crippen LogP) is 4.41. The lowest BCUT2D eigenvalue weighted by molar-refractivity contribution is -0.122. The molecule has 4 rings (SSSR count). The number of hydrogen-bond donors (Lipinski definition) is 1. The van der Waals surface area contributed by atoms with Crippen molar-refractivity contribution in [1.82, 2.24) is 15.2 Å². The number of piperidine rings is 1. The van der Waals surface area contributed by atoms with Crippen molar-refractivity contribution in [3.05, 3.63) is 65.0 Å². The second-order valence-corrected chi connectivity index (χ2v) is 8.09. The molecule has 2 heterocycles. The summed E-state index contributed by atoms with van der Waals surface area (Å²) in [6.45, 7) is 2.93. The summed E-state index contributed by atoms with van der Waals surface area (Å²) in [5, 5.41) is 3.71. The number of fused-ring (bicyclic) bond motifs is 1. The first-order valence-electron chi connectivity index (χ1n) is 10.3. The van der Waals surface area contributed by atoms with Crippen LogP contribution >= 0.6 is 11.6 Å². The maximum Gasteiger partial charge on any atom is 0.234 e. The number of carbonyl (C=O) groups is 1. The standard InChI is InChI=1S/C23H26ClN3O2/c24-19-8-9-21-20(15-19)26-23(29-21)18-10-13-27(14-11-18)16-22(28)25-12-4-7-17-5-2-1-3-6-17/h1-3,5-6,8-9,15,18H,4,7,10-14,16H2,(H,25,28). The third kappa shape index (κ3) is 5.37. The Labute approximate surface area is 176 Å². The monoisotopic (exact) mass is 411 g/mol. The molecule has 1 fully saturated rings. The molecule has 152 valence electrons. The average Bonchev–Trinajstić information content (AvgIpc) is 3.16. The molecule has 0 bridgehead atoms. The van der Waals surface area contributed by atoms with Gasteiger partial charge in [-0.1, -0.05) is 41.9 Å². The highest BCUT2D eigenvalue weighted by Crippen LogP contribution is 2.30. The van der Waals surface area contributed by atoms with Gasteiger partial charge in [0.25, 0.3) is 0 Å². The maximum atomic E-state index is 12.2. The van der Waals surface area contributed by atoms with Gasteiger partial charge in [0.2, 0.25) is 5.91 Å². The molecular weight excluding hydrogens is 386 g/mol. The number of nitrogens with one attached hydrogen (secondary N) is 1. The van der Waals surface area contributed by atoms with Gasteiger partial charge in [0.05, 0.1) is 6.54 Å². The minimum atomic E-state index is 0.105. The molecule has 0 aliphatic carbocycles. The van der Waals surface area contributed by atoms with Crippen molar-refractivity contribution in [2.45, 2.75) is 31.6 Å². The third-order valence-electron chi connectivity index (χ3n) is 5.48. The number of halogens is 1. The van der Waals surface area contributed by atoms with Crippen LogP contribution < -0.4 is 5.32 Å². The van der Waals surface area contributed by atoms with E-state index in [-0.39, 0.29) is 5.91 Å². The fraction of sp³-hybridized carbons (Fsp3) is 0.391. The van der Waals surface area contributed by atoms with Crippen LogP contribution in [-0.4, -0.2) is 42.0 Å². The Balaban J connectivity index is 1.18. The van der Waals surface area contributed by atoms with E-state index in [2.05, 4.69) is 27.3 Å². The van der Waals surface area contributed by atoms with E-state index in [1.165, 1.54) is 5.56 Å². The zero-order valence-electron chi connectivity index (χ0n) is 16.4. The molecule has 1 aliphatic heterocycles. The zero-order valence-corrected chi connectivity index (χ0v) is 17.2. The van der Waals surface area contributed by atoms with Crippen molar-refractivity contribution in [1.29, 1.82) is 0 Å². The van der Waals surface area contributed by atoms with Crippen LogP contribution in [0.25, 0.3) is 11.1 Å². The molecule has 1 amide bonds. The zero-order chi connectivity index (χ0) is 20.1. The van der Waals surface area contributed by atoms with Crippen LogP contribution in [0, 0.1) is 0 Å². The number of likely N-dealkylation sites (tertiary alicyclic amines) is 1. The van der Waals surface area contributed by atoms with Gasteiger partial charge in [-0.2, -0.15) is 0 Å². The van der Waals surface area contributed by atoms with E-state index in [9.17, 15) is 4.79 Å². The van der Waals surface area contributed by atoms with Crippen LogP contribution in [0.2, 0.25) is 5.02 Å². The Hall–Kier alpha value is -2.37. The fourth-order valence-electron chi connectivity index (χ4n) is 3.86. The van der Waals surface area contributed by atoms with Gasteiger partial charge in [-0.25, -0.2) is 4.98 Å². The van der Waals surface area contributed by atoms with Crippen molar-refractivity contribution in [3.63, 3.8) is 0 Å². The molecular formula is C23H26ClN3O2. The van der Waals surface area contributed by atoms with E-state index in [4.69, 9.17) is 16.0 Å². The summed E-state index contributed by atoms with van der Waals surface area (Å²) >= 11 is 6.03. The number of rotatable bonds is 7. The SMILES string of the molecule is O=C(CN1CCC(c2nc3cc(Cl)ccc3o2)CC1)NCCCc1ccccc1. The van der Waals surface area contributed by atoms with Crippen LogP contribution in [0.15, 0.2) is 52.9 Å². The Bertz CT molecular complexity index is 949. The van der Waals surface area contributed by atoms with E-state index < -0.39 is 0 Å². The lowest BCUT2D eigenvalue weighted by Crippen LogP contribution is -2.41. The normalized spacial score (nSPS) is 15.6. The third-order valence-corrected chi connectivity index (χ3v) is 5.71. The number of oxazole rings is 1. The number of aromatic nitrogens is 1. The first-order valence-corrected chi connectivity index (χ1v) is 10.6. The van der Waals surface area contributed by atoms with Gasteiger partial charge in [0, 0.05) is 17.5 Å². The predicted molar refractivity (Wildman–Crippen MR) is 115 cm³/mol. The fourth-order valence-corrected chi connectivity index (χ4v) is 4.02. The second kappa shape index (κ2) is 9.42. The summed E-state index contributed by atoms with van der Waals surface area (Å²) < 4.78 is 5.91. The Morgan fingerprint density at radius 1 is 1.17 bits per heavy atom. The van der Waals surface area contributed by atoms with Crippen LogP contribution in [0.1, 0.15) is 36.6 Å². The highest BCUT2D eigenvalue weighted by atomic mass is 35.5. The van der Waals surface area contributed by atoms with E-state index in [0.29, 0.717) is 17.5 Å². The molecule has 0 saturated carbocycles. The highest BCUT2D eigenvalue weighted by Gasteiger charge is 2.25. The van der Waals surface area contributed by atoms with Crippen molar-refractivity contribution in [2.24, 2.45) is 0 Å². The molecule has 1 N–H and O–H groups in total. The maximum absolute atomic E-state index is 12.2. The van der Waals surface area contributed by atoms with Crippen molar-refractivity contribution in [2.75, 3.05) is 26.2 Å². The summed E-state index contributed by atoms with van der Waals surface area (Å²) in [4.78, 5) is 19.0. The van der Waals surface area contributed by atoms with Crippen molar-refractivity contribution in [3.8, 4) is 0 Å². The number of aryl methyl sites for hydroxylation is 1. The van der Waals surface area contributed by atoms with Crippen LogP contribution in [0.5, 0.6) is 0 Å². The molecule has 0 spiro atoms. The second-order valence-electron chi connectivity index (χ2n) is 7.65. The summed E-state index contributed by atoms with van der Waals surface area (Å²) in [5.41, 5.74) is 2.90. The molecule has 2 aromatic carbocycles. The van der Waals surface area contributed by atoms with Gasteiger partial charge in [-0.15, -0.1) is 0 Å². The summed E-state index contributed by atoms with van der Waals surface area (Å²) in [5.74, 6) is 1.19. The van der Waals surface area contributed by atoms with Crippen LogP contribution in [0.3, 0.4) is 0 Å². The molecule has 1 saturated heterocycles. The lowest BCUT2D eigenvalue weighted by atomic mass is 9.97. The summed E-state index contributed by atoms with van der Waals surface area (Å²) in [7, 11) is 0. The highest BCUT2D eigenvalue weighted by molar-refractivity contribution is 6.31. The van der Waals surface area contributed by atoms with Gasteiger partial charge >= 0.3 is 0 Å². The van der Waals surface area contributed by atoms with E-state index >= 15 is 0 Å². The smallest absolute Gasteiger partial charge is 0.234 e. The first-order chi connectivity index (χ1) is 14.2. The molecule has 3 aromatic rings.